The average molecular weight is 1030 g/mol. The number of carbonyl (C=O) groups excluding carboxylic acids is 7. The van der Waals surface area contributed by atoms with Crippen molar-refractivity contribution in [1.29, 1.82) is 0 Å². The summed E-state index contributed by atoms with van der Waals surface area (Å²) >= 11 is 0. The lowest BCUT2D eigenvalue weighted by Gasteiger charge is -2.21. The predicted octanol–water partition coefficient (Wildman–Crippen LogP) is 8.59. The number of unbranched alkanes of at least 4 members (excludes halogenated alkanes) is 14. The van der Waals surface area contributed by atoms with E-state index in [9.17, 15) is 48.3 Å². The molecule has 424 valence electrons. The van der Waals surface area contributed by atoms with Gasteiger partial charge in [-0.15, -0.1) is 0 Å². The van der Waals surface area contributed by atoms with Crippen molar-refractivity contribution in [2.24, 2.45) is 17.6 Å². The number of carboxylic acid groups (broad SMARTS) is 2. The highest BCUT2D eigenvalue weighted by Gasteiger charge is 2.28. The fourth-order valence-corrected chi connectivity index (χ4v) is 7.45. The van der Waals surface area contributed by atoms with Gasteiger partial charge in [0.15, 0.2) is 5.78 Å². The third kappa shape index (κ3) is 48.3. The number of amides is 2. The van der Waals surface area contributed by atoms with Gasteiger partial charge in [-0.3, -0.25) is 38.4 Å². The van der Waals surface area contributed by atoms with Crippen molar-refractivity contribution >= 4 is 52.7 Å². The van der Waals surface area contributed by atoms with Crippen molar-refractivity contribution in [3.63, 3.8) is 0 Å². The summed E-state index contributed by atoms with van der Waals surface area (Å²) in [5, 5.41) is 23.4. The largest absolute Gasteiger partial charge is 0.481 e. The Morgan fingerprint density at radius 2 is 1.04 bits per heavy atom. The van der Waals surface area contributed by atoms with Crippen LogP contribution in [0.1, 0.15) is 212 Å². The average Bonchev–Trinajstić information content (AvgIpc) is 3.32. The van der Waals surface area contributed by atoms with E-state index in [0.29, 0.717) is 84.5 Å². The molecule has 0 bridgehead atoms. The van der Waals surface area contributed by atoms with Crippen molar-refractivity contribution < 1.29 is 76.6 Å². The molecule has 0 spiro atoms. The number of rotatable bonds is 51. The molecule has 6 N–H and O–H groups in total. The van der Waals surface area contributed by atoms with Crippen LogP contribution in [0.5, 0.6) is 0 Å². The van der Waals surface area contributed by atoms with E-state index in [0.717, 1.165) is 44.9 Å². The predicted molar refractivity (Wildman–Crippen MR) is 283 cm³/mol. The van der Waals surface area contributed by atoms with Crippen molar-refractivity contribution in [2.45, 2.75) is 213 Å². The molecule has 0 fully saturated rings. The van der Waals surface area contributed by atoms with E-state index in [1.165, 1.54) is 58.3 Å². The molecule has 0 radical (unpaired) electrons. The Balaban J connectivity index is -0.000000419. The first-order chi connectivity index (χ1) is 34.3. The van der Waals surface area contributed by atoms with Gasteiger partial charge in [-0.05, 0) is 65.7 Å². The summed E-state index contributed by atoms with van der Waals surface area (Å²) in [4.78, 5) is 105. The first-order valence-corrected chi connectivity index (χ1v) is 26.9. The molecule has 0 saturated carbocycles. The Bertz CT molecular complexity index is 1520. The molecule has 18 heteroatoms. The molecule has 72 heavy (non-hydrogen) atoms. The highest BCUT2D eigenvalue weighted by molar-refractivity contribution is 5.93. The maximum atomic E-state index is 12.5. The van der Waals surface area contributed by atoms with Crippen LogP contribution in [0.4, 0.5) is 0 Å². The highest BCUT2D eigenvalue weighted by Crippen LogP contribution is 2.21. The molecule has 0 heterocycles. The molecular weight excluding hydrogens is 931 g/mol. The lowest BCUT2D eigenvalue weighted by Crippen LogP contribution is -2.43. The topological polar surface area (TPSA) is 281 Å². The number of hydrogen-bond acceptors (Lipinski definition) is 14. The number of nitrogens with one attached hydrogen (secondary N) is 2. The quantitative estimate of drug-likeness (QED) is 0.0357. The maximum absolute atomic E-state index is 12.5. The Morgan fingerprint density at radius 3 is 1.56 bits per heavy atom. The number of carbonyl (C=O) groups is 9. The standard InChI is InChI=1S/C28H50O7.C26H47N3O8.3H2/c1-35-22-16-18-25(29)21-20-24(28(33)34)23-26(30)17-14-12-10-8-6-4-2-3-5-7-9-11-13-15-19-27(31)32;1-5-13-36-18-25(34)29-12-14-35-15-16-37-19-24(33)28-11-7-6-8-21(17-23(32)26(3,4)27)22(31)10-9-20(2)30;;;/h24H,2-23H2,1H3,(H,31,32)(H,33,34);21H,5-19,27H2,1-4H3,(H,28,33)(H,29,34);3*1H/t24-;21-;;;/m11.../s1. The normalized spacial score (nSPS) is 12.0. The molecule has 0 aromatic heterocycles. The van der Waals surface area contributed by atoms with Crippen molar-refractivity contribution in [3.05, 3.63) is 0 Å². The van der Waals surface area contributed by atoms with Crippen LogP contribution in [0.25, 0.3) is 0 Å². The lowest BCUT2D eigenvalue weighted by molar-refractivity contribution is -0.144. The molecule has 0 aromatic carbocycles. The molecule has 0 aliphatic rings. The molecule has 0 aromatic rings. The first kappa shape index (κ1) is 70.1. The summed E-state index contributed by atoms with van der Waals surface area (Å²) in [5.74, 6) is -3.69. The van der Waals surface area contributed by atoms with Gasteiger partial charge in [0.1, 0.15) is 36.3 Å². The SMILES string of the molecule is CCCOCC(=O)NCCOCCOCC(=O)NCCCC[C@H](CC(=O)C(C)(C)N)C(=O)CCC(C)=O.COCCCC(=O)CC[C@H](CC(=O)CCCCCCCCCCCCCCCCC(=O)O)C(=O)O.[HH].[HH].[HH]. The highest BCUT2D eigenvalue weighted by atomic mass is 16.5. The second-order valence-electron chi connectivity index (χ2n) is 19.4. The number of aliphatic carboxylic acids is 2. The van der Waals surface area contributed by atoms with Crippen LogP contribution in [0.3, 0.4) is 0 Å². The molecule has 0 aliphatic heterocycles. The zero-order chi connectivity index (χ0) is 54.3. The molecule has 2 amide bonds. The van der Waals surface area contributed by atoms with Gasteiger partial charge in [-0.25, -0.2) is 0 Å². The van der Waals surface area contributed by atoms with E-state index in [1.807, 2.05) is 6.92 Å². The van der Waals surface area contributed by atoms with Crippen LogP contribution in [-0.2, 0) is 62.1 Å². The smallest absolute Gasteiger partial charge is 0.306 e. The molecule has 18 nitrogen and oxygen atoms in total. The summed E-state index contributed by atoms with van der Waals surface area (Å²) in [5.41, 5.74) is 4.85. The second kappa shape index (κ2) is 48.0. The van der Waals surface area contributed by atoms with Gasteiger partial charge in [0, 0.05) is 95.0 Å². The Kier molecular flexibility index (Phi) is 46.7. The van der Waals surface area contributed by atoms with Gasteiger partial charge in [0.2, 0.25) is 11.8 Å². The van der Waals surface area contributed by atoms with E-state index >= 15 is 0 Å². The number of Topliss-reactive ketones (excluding diaryl/α,β-unsaturated/α-hetero) is 5. The molecule has 0 unspecified atom stereocenters. The fourth-order valence-electron chi connectivity index (χ4n) is 7.45. The number of ketones is 5. The second-order valence-corrected chi connectivity index (χ2v) is 19.4. The minimum Gasteiger partial charge on any atom is -0.481 e. The zero-order valence-electron chi connectivity index (χ0n) is 45.1. The van der Waals surface area contributed by atoms with E-state index in [1.54, 1.807) is 21.0 Å². The van der Waals surface area contributed by atoms with E-state index < -0.39 is 29.3 Å². The first-order valence-electron chi connectivity index (χ1n) is 26.9. The van der Waals surface area contributed by atoms with Gasteiger partial charge in [0.05, 0.1) is 31.3 Å². The Labute approximate surface area is 435 Å². The van der Waals surface area contributed by atoms with Crippen LogP contribution in [0.15, 0.2) is 0 Å². The monoisotopic (exact) mass is 1030 g/mol. The summed E-state index contributed by atoms with van der Waals surface area (Å²) < 4.78 is 20.6. The number of nitrogens with two attached hydrogens (primary N) is 1. The van der Waals surface area contributed by atoms with Crippen LogP contribution in [0.2, 0.25) is 0 Å². The van der Waals surface area contributed by atoms with Gasteiger partial charge in [-0.2, -0.15) is 0 Å². The maximum Gasteiger partial charge on any atom is 0.306 e. The summed E-state index contributed by atoms with van der Waals surface area (Å²) in [6.07, 6.45) is 21.0. The van der Waals surface area contributed by atoms with Crippen LogP contribution < -0.4 is 16.4 Å². The van der Waals surface area contributed by atoms with E-state index in [-0.39, 0.29) is 103 Å². The summed E-state index contributed by atoms with van der Waals surface area (Å²) in [6.45, 7) is 9.32. The molecular formula is C54H103N3O15. The minimum absolute atomic E-state index is 0. The molecule has 0 rings (SSSR count). The third-order valence-electron chi connectivity index (χ3n) is 11.9. The molecule has 2 atom stereocenters. The Morgan fingerprint density at radius 1 is 0.528 bits per heavy atom. The summed E-state index contributed by atoms with van der Waals surface area (Å²) in [6, 6.07) is 0. The van der Waals surface area contributed by atoms with Crippen LogP contribution >= 0.6 is 0 Å². The van der Waals surface area contributed by atoms with Crippen molar-refractivity contribution in [2.75, 3.05) is 66.4 Å². The van der Waals surface area contributed by atoms with E-state index in [4.69, 9.17) is 29.8 Å². The number of carboxylic acids is 2. The fraction of sp³-hybridized carbons (Fsp3) is 0.833. The number of methoxy groups -OCH3 is 1. The van der Waals surface area contributed by atoms with Gasteiger partial charge < -0.3 is 50.3 Å². The van der Waals surface area contributed by atoms with Crippen molar-refractivity contribution in [3.8, 4) is 0 Å². The lowest BCUT2D eigenvalue weighted by atomic mass is 9.85. The Hall–Kier alpha value is -3.97. The van der Waals surface area contributed by atoms with E-state index in [2.05, 4.69) is 10.6 Å². The summed E-state index contributed by atoms with van der Waals surface area (Å²) in [7, 11) is 1.58. The molecule has 0 aliphatic carbocycles. The van der Waals surface area contributed by atoms with Crippen molar-refractivity contribution in [1.82, 2.24) is 10.6 Å². The third-order valence-corrected chi connectivity index (χ3v) is 11.9. The van der Waals surface area contributed by atoms with Crippen LogP contribution in [0, 0.1) is 11.8 Å². The minimum atomic E-state index is -1.02. The van der Waals surface area contributed by atoms with Gasteiger partial charge in [0.25, 0.3) is 0 Å². The van der Waals surface area contributed by atoms with Gasteiger partial charge >= 0.3 is 11.9 Å². The number of ether oxygens (including phenoxy) is 4. The van der Waals surface area contributed by atoms with Gasteiger partial charge in [-0.1, -0.05) is 90.4 Å². The number of hydrogen-bond donors (Lipinski definition) is 5. The van der Waals surface area contributed by atoms with Crippen LogP contribution in [-0.4, -0.2) is 135 Å². The molecule has 0 saturated heterocycles. The zero-order valence-corrected chi connectivity index (χ0v) is 45.1.